The molecule has 0 spiro atoms. The summed E-state index contributed by atoms with van der Waals surface area (Å²) in [6, 6.07) is 7.64. The van der Waals surface area contributed by atoms with Gasteiger partial charge in [-0.05, 0) is 37.6 Å². The minimum Gasteiger partial charge on any atom is -0.355 e. The molecule has 1 aromatic carbocycles. The van der Waals surface area contributed by atoms with E-state index in [1.54, 1.807) is 4.68 Å². The number of carbonyl (C=O) groups is 2. The van der Waals surface area contributed by atoms with Gasteiger partial charge in [0, 0.05) is 11.0 Å². The van der Waals surface area contributed by atoms with Gasteiger partial charge in [0.25, 0.3) is 5.91 Å². The lowest BCUT2D eigenvalue weighted by Crippen LogP contribution is -2.37. The van der Waals surface area contributed by atoms with Crippen LogP contribution in [0.15, 0.2) is 34.9 Å². The molecule has 0 radical (unpaired) electrons. The highest BCUT2D eigenvalue weighted by molar-refractivity contribution is 9.10. The Balaban J connectivity index is 2.05. The fourth-order valence-electron chi connectivity index (χ4n) is 2.06. The van der Waals surface area contributed by atoms with Crippen molar-refractivity contribution in [1.82, 2.24) is 20.4 Å². The third-order valence-corrected chi connectivity index (χ3v) is 3.84. The number of rotatable bonds is 6. The first-order chi connectivity index (χ1) is 11.0. The fraction of sp³-hybridized carbons (Fsp3) is 0.312. The summed E-state index contributed by atoms with van der Waals surface area (Å²) in [4.78, 5) is 23.7. The zero-order valence-electron chi connectivity index (χ0n) is 13.1. The number of hydrogen-bond donors (Lipinski definition) is 2. The number of carbonyl (C=O) groups excluding carboxylic acids is 2. The summed E-state index contributed by atoms with van der Waals surface area (Å²) >= 11 is 3.39. The Kier molecular flexibility index (Phi) is 5.92. The highest BCUT2D eigenvalue weighted by atomic mass is 79.9. The monoisotopic (exact) mass is 378 g/mol. The van der Waals surface area contributed by atoms with Crippen molar-refractivity contribution in [1.29, 1.82) is 0 Å². The summed E-state index contributed by atoms with van der Waals surface area (Å²) in [6.07, 6.45) is 2.37. The van der Waals surface area contributed by atoms with Crippen molar-refractivity contribution in [3.63, 3.8) is 0 Å². The summed E-state index contributed by atoms with van der Waals surface area (Å²) in [5.74, 6) is -0.504. The molecule has 0 atom stereocenters. The Labute approximate surface area is 143 Å². The summed E-state index contributed by atoms with van der Waals surface area (Å²) in [5.41, 5.74) is 2.04. The van der Waals surface area contributed by atoms with Gasteiger partial charge in [0.05, 0.1) is 29.7 Å². The van der Waals surface area contributed by atoms with Gasteiger partial charge in [0.1, 0.15) is 0 Å². The van der Waals surface area contributed by atoms with Crippen molar-refractivity contribution < 1.29 is 9.59 Å². The van der Waals surface area contributed by atoms with Crippen molar-refractivity contribution in [2.24, 2.45) is 0 Å². The van der Waals surface area contributed by atoms with Crippen molar-refractivity contribution in [2.75, 3.05) is 13.1 Å². The molecule has 0 unspecified atom stereocenters. The van der Waals surface area contributed by atoms with Crippen LogP contribution in [0, 0.1) is 6.92 Å². The molecule has 6 nitrogen and oxygen atoms in total. The molecule has 1 aromatic heterocycles. The highest BCUT2D eigenvalue weighted by Crippen LogP contribution is 2.17. The van der Waals surface area contributed by atoms with Crippen LogP contribution in [0.1, 0.15) is 29.4 Å². The van der Waals surface area contributed by atoms with Crippen LogP contribution >= 0.6 is 15.9 Å². The zero-order chi connectivity index (χ0) is 16.8. The fourth-order valence-corrected chi connectivity index (χ4v) is 2.32. The Morgan fingerprint density at radius 3 is 2.57 bits per heavy atom. The SMILES string of the molecule is CCCNC(=O)CNC(=O)c1cnn(-c2ccc(Br)cc2)c1C. The van der Waals surface area contributed by atoms with Crippen molar-refractivity contribution >= 4 is 27.7 Å². The average Bonchev–Trinajstić information content (AvgIpc) is 2.93. The molecule has 0 saturated heterocycles. The molecule has 122 valence electrons. The lowest BCUT2D eigenvalue weighted by molar-refractivity contribution is -0.120. The molecule has 0 fully saturated rings. The number of benzene rings is 1. The van der Waals surface area contributed by atoms with Gasteiger partial charge in [-0.15, -0.1) is 0 Å². The second-order valence-corrected chi connectivity index (χ2v) is 5.98. The van der Waals surface area contributed by atoms with Crippen LogP contribution in [0.25, 0.3) is 5.69 Å². The van der Waals surface area contributed by atoms with Gasteiger partial charge in [0.2, 0.25) is 5.91 Å². The van der Waals surface area contributed by atoms with Crippen LogP contribution in [0.5, 0.6) is 0 Å². The van der Waals surface area contributed by atoms with E-state index in [-0.39, 0.29) is 18.4 Å². The number of nitrogens with zero attached hydrogens (tertiary/aromatic N) is 2. The van der Waals surface area contributed by atoms with Crippen LogP contribution in [-0.4, -0.2) is 34.7 Å². The number of aromatic nitrogens is 2. The standard InChI is InChI=1S/C16H19BrN4O2/c1-3-8-18-15(22)10-19-16(23)14-9-20-21(11(14)2)13-6-4-12(17)5-7-13/h4-7,9H,3,8,10H2,1-2H3,(H,18,22)(H,19,23). The van der Waals surface area contributed by atoms with E-state index in [0.29, 0.717) is 12.1 Å². The van der Waals surface area contributed by atoms with Crippen LogP contribution in [-0.2, 0) is 4.79 Å². The molecule has 0 aliphatic carbocycles. The topological polar surface area (TPSA) is 76.0 Å². The van der Waals surface area contributed by atoms with E-state index < -0.39 is 0 Å². The third-order valence-electron chi connectivity index (χ3n) is 3.31. The van der Waals surface area contributed by atoms with Gasteiger partial charge in [-0.3, -0.25) is 9.59 Å². The van der Waals surface area contributed by atoms with Gasteiger partial charge < -0.3 is 10.6 Å². The molecule has 0 bridgehead atoms. The lowest BCUT2D eigenvalue weighted by Gasteiger charge is -2.07. The molecule has 2 N–H and O–H groups in total. The molecule has 1 heterocycles. The first kappa shape index (κ1) is 17.2. The summed E-state index contributed by atoms with van der Waals surface area (Å²) in [6.45, 7) is 4.36. The van der Waals surface area contributed by atoms with E-state index in [2.05, 4.69) is 31.7 Å². The summed E-state index contributed by atoms with van der Waals surface area (Å²) in [7, 11) is 0. The Morgan fingerprint density at radius 1 is 1.22 bits per heavy atom. The Hall–Kier alpha value is -2.15. The lowest BCUT2D eigenvalue weighted by atomic mass is 10.2. The normalized spacial score (nSPS) is 10.4. The average molecular weight is 379 g/mol. The minimum absolute atomic E-state index is 0.0399. The minimum atomic E-state index is -0.308. The van der Waals surface area contributed by atoms with E-state index in [1.807, 2.05) is 38.1 Å². The van der Waals surface area contributed by atoms with Crippen molar-refractivity contribution in [3.05, 3.63) is 46.2 Å². The molecule has 2 rings (SSSR count). The maximum Gasteiger partial charge on any atom is 0.255 e. The third kappa shape index (κ3) is 4.41. The highest BCUT2D eigenvalue weighted by Gasteiger charge is 2.15. The molecule has 0 aliphatic heterocycles. The first-order valence-corrected chi connectivity index (χ1v) is 8.17. The van der Waals surface area contributed by atoms with Crippen molar-refractivity contribution in [3.8, 4) is 5.69 Å². The van der Waals surface area contributed by atoms with E-state index in [0.717, 1.165) is 22.3 Å². The van der Waals surface area contributed by atoms with Crippen LogP contribution in [0.3, 0.4) is 0 Å². The van der Waals surface area contributed by atoms with Gasteiger partial charge in [-0.25, -0.2) is 4.68 Å². The van der Waals surface area contributed by atoms with Gasteiger partial charge in [0.15, 0.2) is 0 Å². The Bertz CT molecular complexity index is 695. The molecule has 2 aromatic rings. The Morgan fingerprint density at radius 2 is 1.91 bits per heavy atom. The van der Waals surface area contributed by atoms with Crippen LogP contribution < -0.4 is 10.6 Å². The molecule has 7 heteroatoms. The number of nitrogens with one attached hydrogen (secondary N) is 2. The van der Waals surface area contributed by atoms with Gasteiger partial charge in [-0.1, -0.05) is 22.9 Å². The second kappa shape index (κ2) is 7.92. The predicted octanol–water partition coefficient (Wildman–Crippen LogP) is 2.20. The number of hydrogen-bond acceptors (Lipinski definition) is 3. The van der Waals surface area contributed by atoms with Gasteiger partial charge >= 0.3 is 0 Å². The summed E-state index contributed by atoms with van der Waals surface area (Å²) < 4.78 is 2.67. The predicted molar refractivity (Wildman–Crippen MR) is 91.6 cm³/mol. The van der Waals surface area contributed by atoms with Crippen LogP contribution in [0.2, 0.25) is 0 Å². The van der Waals surface area contributed by atoms with E-state index in [4.69, 9.17) is 0 Å². The first-order valence-electron chi connectivity index (χ1n) is 7.38. The number of amides is 2. The smallest absolute Gasteiger partial charge is 0.255 e. The van der Waals surface area contributed by atoms with E-state index in [1.165, 1.54) is 6.20 Å². The quantitative estimate of drug-likeness (QED) is 0.808. The maximum atomic E-state index is 12.2. The van der Waals surface area contributed by atoms with E-state index in [9.17, 15) is 9.59 Å². The largest absolute Gasteiger partial charge is 0.355 e. The molecule has 0 aliphatic rings. The maximum absolute atomic E-state index is 12.2. The van der Waals surface area contributed by atoms with Gasteiger partial charge in [-0.2, -0.15) is 5.10 Å². The summed E-state index contributed by atoms with van der Waals surface area (Å²) in [5, 5.41) is 9.58. The number of halogens is 1. The van der Waals surface area contributed by atoms with Crippen molar-refractivity contribution in [2.45, 2.75) is 20.3 Å². The molecule has 0 saturated carbocycles. The molecule has 23 heavy (non-hydrogen) atoms. The molecular formula is C16H19BrN4O2. The molecule has 2 amide bonds. The van der Waals surface area contributed by atoms with Crippen LogP contribution in [0.4, 0.5) is 0 Å². The molecular weight excluding hydrogens is 360 g/mol. The second-order valence-electron chi connectivity index (χ2n) is 5.06. The zero-order valence-corrected chi connectivity index (χ0v) is 14.7. The van der Waals surface area contributed by atoms with E-state index >= 15 is 0 Å².